The maximum atomic E-state index is 12.9. The minimum absolute atomic E-state index is 0.175. The van der Waals surface area contributed by atoms with Gasteiger partial charge in [0.2, 0.25) is 11.6 Å². The van der Waals surface area contributed by atoms with E-state index in [-0.39, 0.29) is 11.1 Å². The van der Waals surface area contributed by atoms with Gasteiger partial charge in [-0.25, -0.2) is 0 Å². The van der Waals surface area contributed by atoms with E-state index < -0.39 is 11.6 Å². The Kier molecular flexibility index (Phi) is 7.75. The monoisotopic (exact) mass is 508 g/mol. The van der Waals surface area contributed by atoms with E-state index in [0.29, 0.717) is 38.6 Å². The van der Waals surface area contributed by atoms with Crippen molar-refractivity contribution in [2.45, 2.75) is 0 Å². The third kappa shape index (κ3) is 5.73. The predicted octanol–water partition coefficient (Wildman–Crippen LogP) is 4.95. The average molecular weight is 509 g/mol. The highest BCUT2D eigenvalue weighted by Crippen LogP contribution is 2.27. The van der Waals surface area contributed by atoms with E-state index in [1.807, 2.05) is 0 Å². The third-order valence-corrected chi connectivity index (χ3v) is 5.17. The molecule has 33 heavy (non-hydrogen) atoms. The van der Waals surface area contributed by atoms with Crippen molar-refractivity contribution in [2.75, 3.05) is 28.4 Å². The summed E-state index contributed by atoms with van der Waals surface area (Å²) in [5.74, 6) is 6.72. The second-order valence-corrected chi connectivity index (χ2v) is 7.72. The highest BCUT2D eigenvalue weighted by atomic mass is 79.9. The van der Waals surface area contributed by atoms with Crippen LogP contribution in [-0.4, -0.2) is 40.0 Å². The molecule has 6 nitrogen and oxygen atoms in total. The van der Waals surface area contributed by atoms with Gasteiger partial charge in [-0.15, -0.1) is 0 Å². The smallest absolute Gasteiger partial charge is 0.233 e. The van der Waals surface area contributed by atoms with Crippen LogP contribution in [0.5, 0.6) is 23.0 Å². The number of carbonyl (C=O) groups is 2. The van der Waals surface area contributed by atoms with Crippen LogP contribution < -0.4 is 18.9 Å². The first-order chi connectivity index (χ1) is 15.9. The maximum Gasteiger partial charge on any atom is 0.233 e. The Balaban J connectivity index is 1.92. The molecule has 0 fully saturated rings. The van der Waals surface area contributed by atoms with E-state index in [4.69, 9.17) is 18.9 Å². The topological polar surface area (TPSA) is 71.1 Å². The van der Waals surface area contributed by atoms with Gasteiger partial charge in [0.1, 0.15) is 11.5 Å². The zero-order valence-corrected chi connectivity index (χ0v) is 20.1. The second kappa shape index (κ2) is 10.7. The molecule has 3 aromatic rings. The first-order valence-electron chi connectivity index (χ1n) is 9.75. The molecule has 0 aromatic heterocycles. The van der Waals surface area contributed by atoms with E-state index >= 15 is 0 Å². The number of carbonyl (C=O) groups excluding carboxylic acids is 2. The number of rotatable bonds is 7. The van der Waals surface area contributed by atoms with Gasteiger partial charge in [-0.1, -0.05) is 27.8 Å². The zero-order valence-electron chi connectivity index (χ0n) is 18.5. The van der Waals surface area contributed by atoms with E-state index in [1.54, 1.807) is 56.7 Å². The summed E-state index contributed by atoms with van der Waals surface area (Å²) in [6.07, 6.45) is 0. The maximum absolute atomic E-state index is 12.9. The number of hydrogen-bond donors (Lipinski definition) is 0. The van der Waals surface area contributed by atoms with Crippen LogP contribution in [0.3, 0.4) is 0 Å². The Morgan fingerprint density at radius 3 is 1.79 bits per heavy atom. The molecule has 0 saturated carbocycles. The predicted molar refractivity (Wildman–Crippen MR) is 128 cm³/mol. The Hall–Kier alpha value is -3.76. The summed E-state index contributed by atoms with van der Waals surface area (Å²) >= 11 is 3.39. The number of hydrogen-bond acceptors (Lipinski definition) is 6. The van der Waals surface area contributed by atoms with Crippen molar-refractivity contribution >= 4 is 27.5 Å². The fourth-order valence-corrected chi connectivity index (χ4v) is 3.55. The van der Waals surface area contributed by atoms with Crippen molar-refractivity contribution in [3.8, 4) is 34.8 Å². The summed E-state index contributed by atoms with van der Waals surface area (Å²) < 4.78 is 21.5. The summed E-state index contributed by atoms with van der Waals surface area (Å²) in [6, 6.07) is 14.9. The van der Waals surface area contributed by atoms with Gasteiger partial charge in [0.15, 0.2) is 11.5 Å². The molecule has 3 aromatic carbocycles. The average Bonchev–Trinajstić information content (AvgIpc) is 2.85. The number of benzene rings is 3. The Bertz CT molecular complexity index is 1250. The van der Waals surface area contributed by atoms with E-state index in [9.17, 15) is 9.59 Å². The lowest BCUT2D eigenvalue weighted by Gasteiger charge is -2.08. The molecular formula is C26H21BrO6. The lowest BCUT2D eigenvalue weighted by Crippen LogP contribution is -2.15. The van der Waals surface area contributed by atoms with Crippen LogP contribution in [0.25, 0.3) is 0 Å². The van der Waals surface area contributed by atoms with Gasteiger partial charge in [0.25, 0.3) is 0 Å². The summed E-state index contributed by atoms with van der Waals surface area (Å²) in [5, 5.41) is 0. The van der Waals surface area contributed by atoms with Gasteiger partial charge in [-0.3, -0.25) is 9.59 Å². The molecule has 0 N–H and O–H groups in total. The van der Waals surface area contributed by atoms with Gasteiger partial charge < -0.3 is 18.9 Å². The first kappa shape index (κ1) is 23.9. The SMILES string of the molecule is COc1cc(OC)cc(C(=O)C(=O)c2cc(Br)cc(C#Cc3ccc(OC)c(OC)c3)c2)c1. The normalized spacial score (nSPS) is 9.97. The number of ether oxygens (including phenoxy) is 4. The molecule has 0 bridgehead atoms. The minimum Gasteiger partial charge on any atom is -0.497 e. The third-order valence-electron chi connectivity index (χ3n) is 4.71. The van der Waals surface area contributed by atoms with Crippen LogP contribution in [0, 0.1) is 11.8 Å². The van der Waals surface area contributed by atoms with Gasteiger partial charge in [0.05, 0.1) is 28.4 Å². The lowest BCUT2D eigenvalue weighted by molar-refractivity contribution is 0.0816. The molecule has 0 unspecified atom stereocenters. The molecule has 0 aliphatic rings. The van der Waals surface area contributed by atoms with Crippen LogP contribution in [-0.2, 0) is 0 Å². The number of Topliss-reactive ketones (excluding diaryl/α,β-unsaturated/α-hetero) is 2. The molecular weight excluding hydrogens is 488 g/mol. The standard InChI is InChI=1S/C26H21BrO6/c1-30-21-13-19(14-22(15-21)31-2)26(29)25(28)18-9-17(10-20(27)12-18)6-5-16-7-8-23(32-3)24(11-16)33-4/h7-15H,1-4H3. The number of methoxy groups -OCH3 is 4. The van der Waals surface area contributed by atoms with Crippen molar-refractivity contribution < 1.29 is 28.5 Å². The highest BCUT2D eigenvalue weighted by Gasteiger charge is 2.21. The molecule has 0 spiro atoms. The zero-order chi connectivity index (χ0) is 24.0. The fraction of sp³-hybridized carbons (Fsp3) is 0.154. The first-order valence-corrected chi connectivity index (χ1v) is 10.5. The van der Waals surface area contributed by atoms with Crippen LogP contribution in [0.15, 0.2) is 59.1 Å². The summed E-state index contributed by atoms with van der Waals surface area (Å²) in [7, 11) is 6.06. The minimum atomic E-state index is -0.677. The largest absolute Gasteiger partial charge is 0.497 e. The molecule has 3 rings (SSSR count). The van der Waals surface area contributed by atoms with Crippen molar-refractivity contribution in [3.63, 3.8) is 0 Å². The van der Waals surface area contributed by atoms with Crippen LogP contribution in [0.2, 0.25) is 0 Å². The van der Waals surface area contributed by atoms with Crippen molar-refractivity contribution in [1.29, 1.82) is 0 Å². The van der Waals surface area contributed by atoms with Crippen molar-refractivity contribution in [1.82, 2.24) is 0 Å². The second-order valence-electron chi connectivity index (χ2n) is 6.81. The quantitative estimate of drug-likeness (QED) is 0.255. The summed E-state index contributed by atoms with van der Waals surface area (Å²) in [5.41, 5.74) is 1.67. The Morgan fingerprint density at radius 1 is 0.636 bits per heavy atom. The summed E-state index contributed by atoms with van der Waals surface area (Å²) in [4.78, 5) is 25.8. The molecule has 0 saturated heterocycles. The van der Waals surface area contributed by atoms with Crippen LogP contribution in [0.1, 0.15) is 31.8 Å². The van der Waals surface area contributed by atoms with E-state index in [1.165, 1.54) is 26.4 Å². The molecule has 0 radical (unpaired) electrons. The molecule has 0 atom stereocenters. The molecule has 0 amide bonds. The van der Waals surface area contributed by atoms with Crippen molar-refractivity contribution in [3.05, 3.63) is 81.3 Å². The van der Waals surface area contributed by atoms with Crippen LogP contribution in [0.4, 0.5) is 0 Å². The molecule has 168 valence electrons. The highest BCUT2D eigenvalue weighted by molar-refractivity contribution is 9.10. The van der Waals surface area contributed by atoms with Gasteiger partial charge in [-0.05, 0) is 48.5 Å². The van der Waals surface area contributed by atoms with Gasteiger partial charge in [-0.2, -0.15) is 0 Å². The molecule has 0 aliphatic heterocycles. The van der Waals surface area contributed by atoms with Gasteiger partial charge >= 0.3 is 0 Å². The lowest BCUT2D eigenvalue weighted by atomic mass is 9.99. The number of ketones is 2. The summed E-state index contributed by atoms with van der Waals surface area (Å²) in [6.45, 7) is 0. The van der Waals surface area contributed by atoms with Crippen molar-refractivity contribution in [2.24, 2.45) is 0 Å². The van der Waals surface area contributed by atoms with E-state index in [0.717, 1.165) is 0 Å². The fourth-order valence-electron chi connectivity index (χ4n) is 3.05. The Labute approximate surface area is 200 Å². The Morgan fingerprint density at radius 2 is 1.21 bits per heavy atom. The van der Waals surface area contributed by atoms with Crippen LogP contribution >= 0.6 is 15.9 Å². The molecule has 7 heteroatoms. The van der Waals surface area contributed by atoms with Gasteiger partial charge in [0, 0.05) is 32.8 Å². The number of halogens is 1. The molecule has 0 heterocycles. The van der Waals surface area contributed by atoms with E-state index in [2.05, 4.69) is 27.8 Å². The molecule has 0 aliphatic carbocycles.